The molecule has 0 spiro atoms. The fraction of sp³-hybridized carbons (Fsp3) is 0.786. The lowest BCUT2D eigenvalue weighted by Gasteiger charge is -2.17. The van der Waals surface area contributed by atoms with Gasteiger partial charge < -0.3 is 5.73 Å². The predicted molar refractivity (Wildman–Crippen MR) is 73.0 cm³/mol. The summed E-state index contributed by atoms with van der Waals surface area (Å²) in [6, 6.07) is 2.93. The second-order valence-corrected chi connectivity index (χ2v) is 4.99. The van der Waals surface area contributed by atoms with Gasteiger partial charge in [0.1, 0.15) is 0 Å². The summed E-state index contributed by atoms with van der Waals surface area (Å²) in [5.74, 6) is 0.542. The molecule has 1 aromatic rings. The van der Waals surface area contributed by atoms with Gasteiger partial charge in [-0.25, -0.2) is 0 Å². The lowest BCUT2D eigenvalue weighted by atomic mass is 9.94. The van der Waals surface area contributed by atoms with E-state index in [1.807, 2.05) is 0 Å². The topological polar surface area (TPSA) is 43.8 Å². The second-order valence-electron chi connectivity index (χ2n) is 4.99. The molecule has 0 amide bonds. The summed E-state index contributed by atoms with van der Waals surface area (Å²) < 4.78 is 2.11. The van der Waals surface area contributed by atoms with Crippen LogP contribution < -0.4 is 5.73 Å². The number of aromatic nitrogens is 2. The van der Waals surface area contributed by atoms with Crippen LogP contribution in [0.15, 0.2) is 12.3 Å². The molecule has 17 heavy (non-hydrogen) atoms. The van der Waals surface area contributed by atoms with Gasteiger partial charge >= 0.3 is 0 Å². The normalized spacial score (nSPS) is 15.2. The summed E-state index contributed by atoms with van der Waals surface area (Å²) in [5, 5.41) is 4.68. The Hall–Kier alpha value is -0.830. The van der Waals surface area contributed by atoms with Gasteiger partial charge in [0.15, 0.2) is 0 Å². The Morgan fingerprint density at radius 1 is 1.24 bits per heavy atom. The highest BCUT2D eigenvalue weighted by molar-refractivity contribution is 5.01. The van der Waals surface area contributed by atoms with Gasteiger partial charge in [0.05, 0.1) is 11.7 Å². The van der Waals surface area contributed by atoms with E-state index in [9.17, 15) is 0 Å². The SMILES string of the molecule is CCC(Cc1ccn(C(CC)CC)n1)C(C)N. The van der Waals surface area contributed by atoms with E-state index < -0.39 is 0 Å². The molecule has 3 nitrogen and oxygen atoms in total. The molecule has 1 aromatic heterocycles. The summed E-state index contributed by atoms with van der Waals surface area (Å²) in [6.07, 6.45) is 6.52. The van der Waals surface area contributed by atoms with Gasteiger partial charge in [-0.1, -0.05) is 27.2 Å². The minimum atomic E-state index is 0.248. The first-order valence-electron chi connectivity index (χ1n) is 6.91. The van der Waals surface area contributed by atoms with Crippen molar-refractivity contribution < 1.29 is 0 Å². The highest BCUT2D eigenvalue weighted by atomic mass is 15.3. The molecule has 0 aliphatic rings. The van der Waals surface area contributed by atoms with E-state index in [-0.39, 0.29) is 6.04 Å². The largest absolute Gasteiger partial charge is 0.328 e. The first kappa shape index (κ1) is 14.2. The summed E-state index contributed by atoms with van der Waals surface area (Å²) in [5.41, 5.74) is 7.16. The van der Waals surface area contributed by atoms with Crippen molar-refractivity contribution in [3.8, 4) is 0 Å². The van der Waals surface area contributed by atoms with Crippen molar-refractivity contribution in [1.29, 1.82) is 0 Å². The van der Waals surface area contributed by atoms with E-state index >= 15 is 0 Å². The molecule has 0 bridgehead atoms. The molecule has 2 unspecified atom stereocenters. The zero-order chi connectivity index (χ0) is 12.8. The van der Waals surface area contributed by atoms with Gasteiger partial charge in [-0.2, -0.15) is 5.10 Å². The molecule has 0 saturated carbocycles. The Morgan fingerprint density at radius 3 is 2.35 bits per heavy atom. The van der Waals surface area contributed by atoms with Gasteiger partial charge in [-0.15, -0.1) is 0 Å². The van der Waals surface area contributed by atoms with Crippen LogP contribution in [0.25, 0.3) is 0 Å². The average molecular weight is 237 g/mol. The summed E-state index contributed by atoms with van der Waals surface area (Å²) >= 11 is 0. The molecule has 0 aliphatic heterocycles. The van der Waals surface area contributed by atoms with Crippen LogP contribution in [-0.4, -0.2) is 15.8 Å². The molecule has 3 heteroatoms. The van der Waals surface area contributed by atoms with Gasteiger partial charge in [-0.05, 0) is 38.2 Å². The molecule has 0 saturated heterocycles. The van der Waals surface area contributed by atoms with Crippen molar-refractivity contribution in [3.05, 3.63) is 18.0 Å². The number of rotatable bonds is 7. The maximum Gasteiger partial charge on any atom is 0.0628 e. The molecular formula is C14H27N3. The van der Waals surface area contributed by atoms with Crippen LogP contribution in [0.1, 0.15) is 58.7 Å². The molecule has 0 aromatic carbocycles. The molecule has 1 heterocycles. The highest BCUT2D eigenvalue weighted by Gasteiger charge is 2.15. The van der Waals surface area contributed by atoms with Gasteiger partial charge in [-0.3, -0.25) is 4.68 Å². The summed E-state index contributed by atoms with van der Waals surface area (Å²) in [6.45, 7) is 8.72. The molecule has 0 radical (unpaired) electrons. The highest BCUT2D eigenvalue weighted by Crippen LogP contribution is 2.17. The van der Waals surface area contributed by atoms with Gasteiger partial charge in [0.2, 0.25) is 0 Å². The van der Waals surface area contributed by atoms with Crippen LogP contribution in [0.3, 0.4) is 0 Å². The molecule has 98 valence electrons. The van der Waals surface area contributed by atoms with E-state index in [2.05, 4.69) is 49.7 Å². The van der Waals surface area contributed by atoms with E-state index in [0.717, 1.165) is 25.7 Å². The Labute approximate surface area is 105 Å². The Morgan fingerprint density at radius 2 is 1.88 bits per heavy atom. The van der Waals surface area contributed by atoms with Crippen LogP contribution in [0.4, 0.5) is 0 Å². The molecule has 1 rings (SSSR count). The van der Waals surface area contributed by atoms with Crippen molar-refractivity contribution in [2.75, 3.05) is 0 Å². The minimum absolute atomic E-state index is 0.248. The van der Waals surface area contributed by atoms with Crippen LogP contribution in [0.5, 0.6) is 0 Å². The lowest BCUT2D eigenvalue weighted by Crippen LogP contribution is -2.27. The molecule has 0 fully saturated rings. The quantitative estimate of drug-likeness (QED) is 0.791. The minimum Gasteiger partial charge on any atom is -0.328 e. The molecule has 0 aliphatic carbocycles. The van der Waals surface area contributed by atoms with Gasteiger partial charge in [0.25, 0.3) is 0 Å². The summed E-state index contributed by atoms with van der Waals surface area (Å²) in [4.78, 5) is 0. The van der Waals surface area contributed by atoms with Crippen LogP contribution in [-0.2, 0) is 6.42 Å². The van der Waals surface area contributed by atoms with Crippen LogP contribution in [0, 0.1) is 5.92 Å². The van der Waals surface area contributed by atoms with Gasteiger partial charge in [0, 0.05) is 12.2 Å². The van der Waals surface area contributed by atoms with Crippen molar-refractivity contribution >= 4 is 0 Å². The summed E-state index contributed by atoms with van der Waals surface area (Å²) in [7, 11) is 0. The lowest BCUT2D eigenvalue weighted by molar-refractivity contribution is 0.403. The smallest absolute Gasteiger partial charge is 0.0628 e. The molecule has 2 N–H and O–H groups in total. The van der Waals surface area contributed by atoms with Crippen LogP contribution in [0.2, 0.25) is 0 Å². The number of nitrogens with two attached hydrogens (primary N) is 1. The standard InChI is InChI=1S/C14H27N3/c1-5-12(11(4)15)10-13-8-9-17(16-13)14(6-2)7-3/h8-9,11-12,14H,5-7,10,15H2,1-4H3. The number of nitrogens with zero attached hydrogens (tertiary/aromatic N) is 2. The third-order valence-electron chi connectivity index (χ3n) is 3.72. The van der Waals surface area contributed by atoms with Crippen molar-refractivity contribution in [3.63, 3.8) is 0 Å². The average Bonchev–Trinajstić information content (AvgIpc) is 2.76. The van der Waals surface area contributed by atoms with Crippen molar-refractivity contribution in [2.45, 2.75) is 65.5 Å². The Bertz CT molecular complexity index is 313. The predicted octanol–water partition coefficient (Wildman–Crippen LogP) is 3.16. The zero-order valence-electron chi connectivity index (χ0n) is 11.7. The fourth-order valence-corrected chi connectivity index (χ4v) is 2.32. The first-order valence-corrected chi connectivity index (χ1v) is 6.91. The van der Waals surface area contributed by atoms with E-state index in [1.54, 1.807) is 0 Å². The number of hydrogen-bond acceptors (Lipinski definition) is 2. The van der Waals surface area contributed by atoms with E-state index in [0.29, 0.717) is 12.0 Å². The van der Waals surface area contributed by atoms with E-state index in [1.165, 1.54) is 5.69 Å². The Balaban J connectivity index is 2.67. The first-order chi connectivity index (χ1) is 8.12. The van der Waals surface area contributed by atoms with E-state index in [4.69, 9.17) is 5.73 Å². The van der Waals surface area contributed by atoms with Crippen molar-refractivity contribution in [2.24, 2.45) is 11.7 Å². The number of hydrogen-bond donors (Lipinski definition) is 1. The second kappa shape index (κ2) is 6.80. The third-order valence-corrected chi connectivity index (χ3v) is 3.72. The fourth-order valence-electron chi connectivity index (χ4n) is 2.32. The Kier molecular flexibility index (Phi) is 5.69. The molecule has 2 atom stereocenters. The van der Waals surface area contributed by atoms with Crippen molar-refractivity contribution in [1.82, 2.24) is 9.78 Å². The monoisotopic (exact) mass is 237 g/mol. The third kappa shape index (κ3) is 3.84. The maximum atomic E-state index is 5.98. The molecular weight excluding hydrogens is 210 g/mol. The van der Waals surface area contributed by atoms with Crippen LogP contribution >= 0.6 is 0 Å². The maximum absolute atomic E-state index is 5.98. The zero-order valence-corrected chi connectivity index (χ0v) is 11.7.